The fourth-order valence-electron chi connectivity index (χ4n) is 2.67. The van der Waals surface area contributed by atoms with Crippen molar-refractivity contribution >= 4 is 17.3 Å². The molecular weight excluding hydrogens is 401 g/mol. The van der Waals surface area contributed by atoms with Gasteiger partial charge in [0.15, 0.2) is 5.96 Å². The highest BCUT2D eigenvalue weighted by molar-refractivity contribution is 7.11. The molecule has 0 atom stereocenters. The van der Waals surface area contributed by atoms with Crippen molar-refractivity contribution in [1.29, 1.82) is 0 Å². The predicted octanol–water partition coefficient (Wildman–Crippen LogP) is 4.38. The van der Waals surface area contributed by atoms with Crippen LogP contribution in [0.4, 0.5) is 4.39 Å². The number of ether oxygens (including phenoxy) is 1. The molecule has 158 valence electrons. The molecule has 0 aliphatic rings. The summed E-state index contributed by atoms with van der Waals surface area (Å²) in [4.78, 5) is 14.7. The molecule has 3 rings (SSSR count). The number of rotatable bonds is 8. The first-order valence-electron chi connectivity index (χ1n) is 9.87. The smallest absolute Gasteiger partial charge is 0.219 e. The van der Waals surface area contributed by atoms with Gasteiger partial charge in [-0.2, -0.15) is 0 Å². The Kier molecular flexibility index (Phi) is 7.73. The van der Waals surface area contributed by atoms with Crippen molar-refractivity contribution < 1.29 is 9.13 Å². The molecule has 2 aromatic heterocycles. The Hall–Kier alpha value is -3.00. The monoisotopic (exact) mass is 427 g/mol. The zero-order valence-corrected chi connectivity index (χ0v) is 18.2. The van der Waals surface area contributed by atoms with Gasteiger partial charge in [0, 0.05) is 36.7 Å². The highest BCUT2D eigenvalue weighted by Gasteiger charge is 2.05. The van der Waals surface area contributed by atoms with Crippen LogP contribution in [0, 0.1) is 19.7 Å². The van der Waals surface area contributed by atoms with Crippen molar-refractivity contribution in [3.8, 4) is 11.6 Å². The average molecular weight is 428 g/mol. The van der Waals surface area contributed by atoms with Crippen molar-refractivity contribution in [1.82, 2.24) is 20.6 Å². The van der Waals surface area contributed by atoms with Crippen LogP contribution in [-0.4, -0.2) is 29.0 Å². The van der Waals surface area contributed by atoms with Crippen LogP contribution in [0.3, 0.4) is 0 Å². The lowest BCUT2D eigenvalue weighted by molar-refractivity contribution is 0.460. The molecule has 0 spiro atoms. The first-order valence-corrected chi connectivity index (χ1v) is 10.7. The average Bonchev–Trinajstić information content (AvgIpc) is 3.05. The Morgan fingerprint density at radius 1 is 1.17 bits per heavy atom. The van der Waals surface area contributed by atoms with Crippen LogP contribution >= 0.6 is 11.3 Å². The quantitative estimate of drug-likeness (QED) is 0.412. The summed E-state index contributed by atoms with van der Waals surface area (Å²) in [6, 6.07) is 9.57. The number of aromatic nitrogens is 2. The highest BCUT2D eigenvalue weighted by atomic mass is 32.1. The number of halogens is 1. The van der Waals surface area contributed by atoms with Crippen LogP contribution in [0.5, 0.6) is 11.6 Å². The molecule has 0 radical (unpaired) electrons. The first-order chi connectivity index (χ1) is 14.5. The maximum atomic E-state index is 13.0. The van der Waals surface area contributed by atoms with E-state index in [1.807, 2.05) is 26.0 Å². The van der Waals surface area contributed by atoms with Gasteiger partial charge < -0.3 is 15.4 Å². The normalized spacial score (nSPS) is 11.4. The minimum absolute atomic E-state index is 0.304. The summed E-state index contributed by atoms with van der Waals surface area (Å²) in [5.74, 6) is 1.43. The van der Waals surface area contributed by atoms with E-state index >= 15 is 0 Å². The third-order valence-electron chi connectivity index (χ3n) is 4.30. The van der Waals surface area contributed by atoms with E-state index in [4.69, 9.17) is 4.74 Å². The van der Waals surface area contributed by atoms with E-state index in [-0.39, 0.29) is 5.82 Å². The standard InChI is InChI=1S/C22H26FN5OS/c1-4-24-22(26-12-10-21-28-15(2)16(3)30-21)27-14-17-9-11-25-20(13-17)29-19-7-5-18(23)6-8-19/h5-9,11,13H,4,10,12,14H2,1-3H3,(H2,24,26,27). The predicted molar refractivity (Wildman–Crippen MR) is 119 cm³/mol. The van der Waals surface area contributed by atoms with Gasteiger partial charge in [0.2, 0.25) is 5.88 Å². The molecular formula is C22H26FN5OS. The molecule has 0 unspecified atom stereocenters. The fourth-order valence-corrected chi connectivity index (χ4v) is 3.61. The second-order valence-corrected chi connectivity index (χ2v) is 7.97. The van der Waals surface area contributed by atoms with Gasteiger partial charge in [0.1, 0.15) is 11.6 Å². The maximum Gasteiger partial charge on any atom is 0.219 e. The molecule has 8 heteroatoms. The summed E-state index contributed by atoms with van der Waals surface area (Å²) >= 11 is 1.74. The second-order valence-electron chi connectivity index (χ2n) is 6.68. The second kappa shape index (κ2) is 10.7. The van der Waals surface area contributed by atoms with Gasteiger partial charge in [-0.3, -0.25) is 0 Å². The number of pyridine rings is 1. The van der Waals surface area contributed by atoms with Crippen LogP contribution in [-0.2, 0) is 13.0 Å². The number of benzene rings is 1. The van der Waals surface area contributed by atoms with Gasteiger partial charge in [-0.1, -0.05) is 0 Å². The largest absolute Gasteiger partial charge is 0.439 e. The minimum atomic E-state index is -0.304. The Bertz CT molecular complexity index is 968. The van der Waals surface area contributed by atoms with Crippen LogP contribution in [0.1, 0.15) is 28.1 Å². The van der Waals surface area contributed by atoms with E-state index in [2.05, 4.69) is 32.5 Å². The van der Waals surface area contributed by atoms with Gasteiger partial charge in [-0.25, -0.2) is 19.4 Å². The van der Waals surface area contributed by atoms with E-state index in [9.17, 15) is 4.39 Å². The Morgan fingerprint density at radius 3 is 2.67 bits per heavy atom. The van der Waals surface area contributed by atoms with Crippen molar-refractivity contribution in [2.24, 2.45) is 4.99 Å². The zero-order valence-electron chi connectivity index (χ0n) is 17.4. The molecule has 2 heterocycles. The Balaban J connectivity index is 1.57. The SMILES string of the molecule is CCNC(=NCc1ccnc(Oc2ccc(F)cc2)c1)NCCc1nc(C)c(C)s1. The molecule has 0 saturated heterocycles. The molecule has 2 N–H and O–H groups in total. The number of guanidine groups is 1. The van der Waals surface area contributed by atoms with Gasteiger partial charge in [-0.05, 0) is 56.7 Å². The molecule has 6 nitrogen and oxygen atoms in total. The van der Waals surface area contributed by atoms with Crippen molar-refractivity contribution in [2.75, 3.05) is 13.1 Å². The Labute approximate surface area is 180 Å². The summed E-state index contributed by atoms with van der Waals surface area (Å²) < 4.78 is 18.7. The first kappa shape index (κ1) is 21.7. The van der Waals surface area contributed by atoms with Gasteiger partial charge in [-0.15, -0.1) is 11.3 Å². The lowest BCUT2D eigenvalue weighted by Crippen LogP contribution is -2.38. The topological polar surface area (TPSA) is 71.4 Å². The van der Waals surface area contributed by atoms with Crippen LogP contribution in [0.2, 0.25) is 0 Å². The third kappa shape index (κ3) is 6.52. The Morgan fingerprint density at radius 2 is 1.97 bits per heavy atom. The molecule has 0 bridgehead atoms. The number of hydrogen-bond donors (Lipinski definition) is 2. The molecule has 0 aliphatic carbocycles. The van der Waals surface area contributed by atoms with E-state index in [1.54, 1.807) is 29.7 Å². The van der Waals surface area contributed by atoms with Crippen LogP contribution in [0.25, 0.3) is 0 Å². The van der Waals surface area contributed by atoms with Gasteiger partial charge in [0.05, 0.1) is 17.2 Å². The lowest BCUT2D eigenvalue weighted by atomic mass is 10.2. The van der Waals surface area contributed by atoms with E-state index < -0.39 is 0 Å². The van der Waals surface area contributed by atoms with Crippen LogP contribution in [0.15, 0.2) is 47.6 Å². The summed E-state index contributed by atoms with van der Waals surface area (Å²) in [6.07, 6.45) is 2.53. The molecule has 0 amide bonds. The summed E-state index contributed by atoms with van der Waals surface area (Å²) in [6.45, 7) is 8.18. The number of hydrogen-bond acceptors (Lipinski definition) is 5. The zero-order chi connectivity index (χ0) is 21.3. The van der Waals surface area contributed by atoms with Crippen molar-refractivity contribution in [3.63, 3.8) is 0 Å². The molecule has 3 aromatic rings. The number of aryl methyl sites for hydroxylation is 2. The van der Waals surface area contributed by atoms with E-state index in [1.165, 1.54) is 17.0 Å². The lowest BCUT2D eigenvalue weighted by Gasteiger charge is -2.11. The molecule has 0 saturated carbocycles. The number of thiazole rings is 1. The number of nitrogens with zero attached hydrogens (tertiary/aromatic N) is 3. The molecule has 1 aromatic carbocycles. The molecule has 0 aliphatic heterocycles. The van der Waals surface area contributed by atoms with Gasteiger partial charge in [0.25, 0.3) is 0 Å². The number of aliphatic imine (C=N–C) groups is 1. The van der Waals surface area contributed by atoms with Crippen molar-refractivity contribution in [3.05, 3.63) is 69.6 Å². The summed E-state index contributed by atoms with van der Waals surface area (Å²) in [5, 5.41) is 7.74. The van der Waals surface area contributed by atoms with E-state index in [0.717, 1.165) is 41.7 Å². The summed E-state index contributed by atoms with van der Waals surface area (Å²) in [7, 11) is 0. The maximum absolute atomic E-state index is 13.0. The van der Waals surface area contributed by atoms with Gasteiger partial charge >= 0.3 is 0 Å². The molecule has 30 heavy (non-hydrogen) atoms. The highest BCUT2D eigenvalue weighted by Crippen LogP contribution is 2.20. The molecule has 0 fully saturated rings. The van der Waals surface area contributed by atoms with E-state index in [0.29, 0.717) is 18.2 Å². The van der Waals surface area contributed by atoms with Crippen molar-refractivity contribution in [2.45, 2.75) is 33.7 Å². The number of nitrogens with one attached hydrogen (secondary N) is 2. The summed E-state index contributed by atoms with van der Waals surface area (Å²) in [5.41, 5.74) is 2.07. The minimum Gasteiger partial charge on any atom is -0.439 e. The fraction of sp³-hybridized carbons (Fsp3) is 0.318. The van der Waals surface area contributed by atoms with Crippen LogP contribution < -0.4 is 15.4 Å². The third-order valence-corrected chi connectivity index (χ3v) is 5.44.